The van der Waals surface area contributed by atoms with E-state index in [1.807, 2.05) is 36.4 Å². The molecule has 72 valence electrons. The van der Waals surface area contributed by atoms with E-state index in [1.165, 1.54) is 0 Å². The van der Waals surface area contributed by atoms with Crippen LogP contribution in [0.15, 0.2) is 45.3 Å². The Kier molecular flexibility index (Phi) is 5.27. The number of halogens is 2. The zero-order valence-electron chi connectivity index (χ0n) is 7.72. The molecule has 0 atom stereocenters. The standard InChI is InChI=1S/C12H6Br2.Ti/c13-11-5-1-9(2-6-11)10-3-7-12(14)8-4-10;/h1,3,5-8H;/q-2;+2. The smallest absolute Gasteiger partial charge is 0.226 e. The summed E-state index contributed by atoms with van der Waals surface area (Å²) in [6.07, 6.45) is 0. The van der Waals surface area contributed by atoms with Gasteiger partial charge in [-0.15, -0.1) is 56.1 Å². The Hall–Kier alpha value is 0.114. The van der Waals surface area contributed by atoms with Crippen molar-refractivity contribution in [1.82, 2.24) is 0 Å². The third-order valence-corrected chi connectivity index (χ3v) is 2.83. The van der Waals surface area contributed by atoms with Crippen molar-refractivity contribution in [2.24, 2.45) is 0 Å². The maximum atomic E-state index is 3.38. The molecule has 0 amide bonds. The predicted octanol–water partition coefficient (Wildman–Crippen LogP) is 4.48. The summed E-state index contributed by atoms with van der Waals surface area (Å²) in [5, 5.41) is 0. The Morgan fingerprint density at radius 1 is 0.733 bits per heavy atom. The summed E-state index contributed by atoms with van der Waals surface area (Å²) in [6, 6.07) is 18.2. The second-order valence-electron chi connectivity index (χ2n) is 2.84. The van der Waals surface area contributed by atoms with E-state index in [-0.39, 0.29) is 21.7 Å². The van der Waals surface area contributed by atoms with Crippen molar-refractivity contribution in [3.05, 3.63) is 57.5 Å². The van der Waals surface area contributed by atoms with Crippen LogP contribution in [0.25, 0.3) is 11.1 Å². The molecular formula is C12H6Br2Ti. The number of benzene rings is 2. The van der Waals surface area contributed by atoms with E-state index in [9.17, 15) is 0 Å². The van der Waals surface area contributed by atoms with Gasteiger partial charge in [0.25, 0.3) is 0 Å². The van der Waals surface area contributed by atoms with E-state index in [2.05, 4.69) is 44.0 Å². The van der Waals surface area contributed by atoms with E-state index in [1.54, 1.807) is 0 Å². The molecule has 2 rings (SSSR count). The third kappa shape index (κ3) is 3.56. The molecule has 0 spiro atoms. The van der Waals surface area contributed by atoms with Crippen molar-refractivity contribution in [2.75, 3.05) is 0 Å². The molecule has 2 aromatic rings. The summed E-state index contributed by atoms with van der Waals surface area (Å²) >= 11 is 6.76. The summed E-state index contributed by atoms with van der Waals surface area (Å²) in [5.41, 5.74) is 2.11. The molecule has 0 bridgehead atoms. The minimum absolute atomic E-state index is 0. The molecule has 0 heterocycles. The van der Waals surface area contributed by atoms with Gasteiger partial charge in [-0.1, -0.05) is 8.95 Å². The van der Waals surface area contributed by atoms with Crippen LogP contribution in [0.1, 0.15) is 0 Å². The van der Waals surface area contributed by atoms with E-state index in [4.69, 9.17) is 0 Å². The summed E-state index contributed by atoms with van der Waals surface area (Å²) in [6.45, 7) is 0. The van der Waals surface area contributed by atoms with E-state index in [0.717, 1.165) is 20.1 Å². The van der Waals surface area contributed by atoms with Crippen molar-refractivity contribution in [2.45, 2.75) is 0 Å². The maximum absolute atomic E-state index is 3.38. The van der Waals surface area contributed by atoms with E-state index < -0.39 is 0 Å². The number of hydrogen-bond acceptors (Lipinski definition) is 0. The predicted molar refractivity (Wildman–Crippen MR) is 65.0 cm³/mol. The Labute approximate surface area is 121 Å². The van der Waals surface area contributed by atoms with Crippen LogP contribution in [0.2, 0.25) is 0 Å². The molecule has 15 heavy (non-hydrogen) atoms. The number of hydrogen-bond donors (Lipinski definition) is 0. The van der Waals surface area contributed by atoms with E-state index >= 15 is 0 Å². The molecule has 0 radical (unpaired) electrons. The Bertz CT molecular complexity index is 377. The quantitative estimate of drug-likeness (QED) is 0.521. The van der Waals surface area contributed by atoms with Crippen LogP contribution in [0.5, 0.6) is 0 Å². The minimum Gasteiger partial charge on any atom is -0.226 e. The molecule has 0 aliphatic heterocycles. The first-order chi connectivity index (χ1) is 6.75. The van der Waals surface area contributed by atoms with Crippen molar-refractivity contribution in [3.8, 4) is 11.1 Å². The average Bonchev–Trinajstić information content (AvgIpc) is 2.21. The zero-order chi connectivity index (χ0) is 9.97. The van der Waals surface area contributed by atoms with Crippen LogP contribution < -0.4 is 0 Å². The summed E-state index contributed by atoms with van der Waals surface area (Å²) in [5.74, 6) is 0. The van der Waals surface area contributed by atoms with Gasteiger partial charge >= 0.3 is 21.7 Å². The van der Waals surface area contributed by atoms with Gasteiger partial charge in [0.05, 0.1) is 0 Å². The van der Waals surface area contributed by atoms with Gasteiger partial charge in [0, 0.05) is 0 Å². The van der Waals surface area contributed by atoms with Crippen LogP contribution in [-0.2, 0) is 21.7 Å². The van der Waals surface area contributed by atoms with Gasteiger partial charge in [-0.2, -0.15) is 24.3 Å². The van der Waals surface area contributed by atoms with Crippen LogP contribution in [0, 0.1) is 12.1 Å². The molecule has 3 heteroatoms. The third-order valence-electron chi connectivity index (χ3n) is 1.84. The Morgan fingerprint density at radius 3 is 1.40 bits per heavy atom. The van der Waals surface area contributed by atoms with Crippen LogP contribution in [-0.4, -0.2) is 0 Å². The summed E-state index contributed by atoms with van der Waals surface area (Å²) < 4.78 is 2.08. The van der Waals surface area contributed by atoms with Gasteiger partial charge in [0.1, 0.15) is 0 Å². The minimum atomic E-state index is 0. The fraction of sp³-hybridized carbons (Fsp3) is 0. The molecule has 0 aromatic heterocycles. The fourth-order valence-electron chi connectivity index (χ4n) is 1.15. The zero-order valence-corrected chi connectivity index (χ0v) is 12.5. The van der Waals surface area contributed by atoms with Gasteiger partial charge in [-0.25, -0.2) is 11.1 Å². The van der Waals surface area contributed by atoms with Gasteiger partial charge in [0.15, 0.2) is 0 Å². The molecule has 0 aliphatic rings. The number of rotatable bonds is 1. The first kappa shape index (κ1) is 13.2. The Balaban J connectivity index is 0.00000112. The van der Waals surface area contributed by atoms with Crippen molar-refractivity contribution in [1.29, 1.82) is 0 Å². The second-order valence-corrected chi connectivity index (χ2v) is 4.67. The van der Waals surface area contributed by atoms with Gasteiger partial charge in [0.2, 0.25) is 0 Å². The molecule has 0 aliphatic carbocycles. The molecule has 0 fully saturated rings. The van der Waals surface area contributed by atoms with Crippen LogP contribution >= 0.6 is 31.9 Å². The average molecular weight is 358 g/mol. The van der Waals surface area contributed by atoms with Gasteiger partial charge in [-0.3, -0.25) is 0 Å². The maximum Gasteiger partial charge on any atom is 2.00 e. The SMILES string of the molecule is Brc1c[c-]c(-c2[c-]cc(Br)cc2)cc1.[Ti+2]. The van der Waals surface area contributed by atoms with Crippen molar-refractivity contribution in [3.63, 3.8) is 0 Å². The molecular weight excluding hydrogens is 352 g/mol. The van der Waals surface area contributed by atoms with E-state index in [0.29, 0.717) is 0 Å². The largest absolute Gasteiger partial charge is 2.00 e. The molecule has 0 nitrogen and oxygen atoms in total. The van der Waals surface area contributed by atoms with Gasteiger partial charge in [-0.05, 0) is 0 Å². The first-order valence-electron chi connectivity index (χ1n) is 4.10. The summed E-state index contributed by atoms with van der Waals surface area (Å²) in [7, 11) is 0. The molecule has 0 N–H and O–H groups in total. The monoisotopic (exact) mass is 356 g/mol. The van der Waals surface area contributed by atoms with Crippen molar-refractivity contribution < 1.29 is 21.7 Å². The second kappa shape index (κ2) is 6.00. The molecule has 0 unspecified atom stereocenters. The normalized spacial score (nSPS) is 9.47. The molecule has 0 saturated heterocycles. The topological polar surface area (TPSA) is 0 Å². The Morgan fingerprint density at radius 2 is 1.13 bits per heavy atom. The summed E-state index contributed by atoms with van der Waals surface area (Å²) in [4.78, 5) is 0. The molecule has 0 saturated carbocycles. The van der Waals surface area contributed by atoms with Gasteiger partial charge < -0.3 is 0 Å². The fourth-order valence-corrected chi connectivity index (χ4v) is 1.64. The first-order valence-corrected chi connectivity index (χ1v) is 5.69. The van der Waals surface area contributed by atoms with Crippen LogP contribution in [0.3, 0.4) is 0 Å². The van der Waals surface area contributed by atoms with Crippen molar-refractivity contribution >= 4 is 31.9 Å². The van der Waals surface area contributed by atoms with Crippen LogP contribution in [0.4, 0.5) is 0 Å². The molecule has 2 aromatic carbocycles.